The second-order valence-corrected chi connectivity index (χ2v) is 5.54. The summed E-state index contributed by atoms with van der Waals surface area (Å²) >= 11 is 0. The highest BCUT2D eigenvalue weighted by Crippen LogP contribution is 2.24. The van der Waals surface area contributed by atoms with Crippen molar-refractivity contribution in [3.63, 3.8) is 0 Å². The first-order valence-corrected chi connectivity index (χ1v) is 7.30. The zero-order valence-electron chi connectivity index (χ0n) is 12.6. The number of aryl methyl sites for hydroxylation is 3. The van der Waals surface area contributed by atoms with Crippen molar-refractivity contribution in [2.45, 2.75) is 33.1 Å². The van der Waals surface area contributed by atoms with Gasteiger partial charge in [-0.15, -0.1) is 0 Å². The number of Topliss-reactive ketones (excluding diaryl/α,β-unsaturated/α-hetero) is 1. The molecule has 1 aromatic heterocycles. The fourth-order valence-corrected chi connectivity index (χ4v) is 2.72. The van der Waals surface area contributed by atoms with E-state index in [0.717, 1.165) is 35.4 Å². The molecule has 2 amide bonds. The van der Waals surface area contributed by atoms with Crippen LogP contribution in [0.4, 0.5) is 16.2 Å². The number of nitrogens with one attached hydrogen (secondary N) is 3. The SMILES string of the molecule is Cc1n[nH]c(C)c1NC(=O)Nc1ccc2c(c1)C(=O)CCC2. The van der Waals surface area contributed by atoms with E-state index in [-0.39, 0.29) is 11.8 Å². The van der Waals surface area contributed by atoms with Gasteiger partial charge in [0.15, 0.2) is 5.78 Å². The van der Waals surface area contributed by atoms with Crippen LogP contribution in [0.25, 0.3) is 0 Å². The molecule has 6 heteroatoms. The van der Waals surface area contributed by atoms with Crippen molar-refractivity contribution >= 4 is 23.2 Å². The monoisotopic (exact) mass is 298 g/mol. The Balaban J connectivity index is 1.75. The molecule has 2 aromatic rings. The Morgan fingerprint density at radius 2 is 2.05 bits per heavy atom. The van der Waals surface area contributed by atoms with Gasteiger partial charge in [-0.3, -0.25) is 9.89 Å². The van der Waals surface area contributed by atoms with Crippen LogP contribution in [0, 0.1) is 13.8 Å². The number of fused-ring (bicyclic) bond motifs is 1. The van der Waals surface area contributed by atoms with Crippen molar-refractivity contribution in [3.8, 4) is 0 Å². The number of nitrogens with zero attached hydrogens (tertiary/aromatic N) is 1. The minimum absolute atomic E-state index is 0.145. The van der Waals surface area contributed by atoms with Crippen molar-refractivity contribution in [2.24, 2.45) is 0 Å². The van der Waals surface area contributed by atoms with Crippen LogP contribution >= 0.6 is 0 Å². The number of H-pyrrole nitrogens is 1. The van der Waals surface area contributed by atoms with E-state index in [0.29, 0.717) is 17.8 Å². The zero-order valence-corrected chi connectivity index (χ0v) is 12.6. The standard InChI is InChI=1S/C16H18N4O2/c1-9-15(10(2)20-19-9)18-16(22)17-12-7-6-11-4-3-5-14(21)13(11)8-12/h6-8H,3-5H2,1-2H3,(H,19,20)(H2,17,18,22). The predicted octanol–water partition coefficient (Wildman–Crippen LogP) is 3.19. The van der Waals surface area contributed by atoms with Crippen molar-refractivity contribution in [1.82, 2.24) is 10.2 Å². The van der Waals surface area contributed by atoms with Crippen LogP contribution in [0.3, 0.4) is 0 Å². The lowest BCUT2D eigenvalue weighted by Crippen LogP contribution is -2.21. The van der Waals surface area contributed by atoms with E-state index in [9.17, 15) is 9.59 Å². The maximum Gasteiger partial charge on any atom is 0.323 e. The number of ketones is 1. The summed E-state index contributed by atoms with van der Waals surface area (Å²) in [6, 6.07) is 5.14. The highest BCUT2D eigenvalue weighted by Gasteiger charge is 2.18. The zero-order chi connectivity index (χ0) is 15.7. The van der Waals surface area contributed by atoms with Gasteiger partial charge in [0.1, 0.15) is 0 Å². The van der Waals surface area contributed by atoms with Gasteiger partial charge in [0.25, 0.3) is 0 Å². The summed E-state index contributed by atoms with van der Waals surface area (Å²) in [4.78, 5) is 24.0. The molecule has 0 atom stereocenters. The fraction of sp³-hybridized carbons (Fsp3) is 0.312. The quantitative estimate of drug-likeness (QED) is 0.795. The van der Waals surface area contributed by atoms with E-state index in [2.05, 4.69) is 20.8 Å². The van der Waals surface area contributed by atoms with Gasteiger partial charge in [-0.05, 0) is 44.4 Å². The molecule has 3 N–H and O–H groups in total. The van der Waals surface area contributed by atoms with Crippen LogP contribution in [0.15, 0.2) is 18.2 Å². The lowest BCUT2D eigenvalue weighted by Gasteiger charge is -2.16. The Labute approximate surface area is 128 Å². The molecule has 114 valence electrons. The van der Waals surface area contributed by atoms with Crippen LogP contribution < -0.4 is 10.6 Å². The Morgan fingerprint density at radius 3 is 2.77 bits per heavy atom. The Hall–Kier alpha value is -2.63. The van der Waals surface area contributed by atoms with Gasteiger partial charge in [0, 0.05) is 17.7 Å². The number of urea groups is 1. The molecule has 0 unspecified atom stereocenters. The van der Waals surface area contributed by atoms with E-state index < -0.39 is 0 Å². The second kappa shape index (κ2) is 5.63. The molecule has 1 aromatic carbocycles. The number of benzene rings is 1. The average molecular weight is 298 g/mol. The van der Waals surface area contributed by atoms with E-state index >= 15 is 0 Å². The van der Waals surface area contributed by atoms with E-state index in [1.54, 1.807) is 6.07 Å². The molecule has 0 saturated carbocycles. The molecule has 3 rings (SSSR count). The number of aromatic nitrogens is 2. The molecular weight excluding hydrogens is 280 g/mol. The number of carbonyl (C=O) groups excluding carboxylic acids is 2. The van der Waals surface area contributed by atoms with Crippen LogP contribution in [0.2, 0.25) is 0 Å². The van der Waals surface area contributed by atoms with Gasteiger partial charge >= 0.3 is 6.03 Å². The number of anilines is 2. The first kappa shape index (κ1) is 14.3. The summed E-state index contributed by atoms with van der Waals surface area (Å²) in [7, 11) is 0. The van der Waals surface area contributed by atoms with Crippen molar-refractivity contribution < 1.29 is 9.59 Å². The van der Waals surface area contributed by atoms with Gasteiger partial charge in [0.05, 0.1) is 17.1 Å². The molecule has 1 aliphatic rings. The molecular formula is C16H18N4O2. The molecule has 0 radical (unpaired) electrons. The maximum atomic E-state index is 12.1. The van der Waals surface area contributed by atoms with Crippen molar-refractivity contribution in [2.75, 3.05) is 10.6 Å². The summed E-state index contributed by atoms with van der Waals surface area (Å²) < 4.78 is 0. The molecule has 0 saturated heterocycles. The average Bonchev–Trinajstić information content (AvgIpc) is 2.80. The number of hydrogen-bond donors (Lipinski definition) is 3. The molecule has 1 heterocycles. The topological polar surface area (TPSA) is 86.9 Å². The summed E-state index contributed by atoms with van der Waals surface area (Å²) in [6.07, 6.45) is 2.40. The molecule has 0 spiro atoms. The number of amides is 2. The first-order valence-electron chi connectivity index (χ1n) is 7.30. The van der Waals surface area contributed by atoms with Crippen LogP contribution in [-0.2, 0) is 6.42 Å². The van der Waals surface area contributed by atoms with E-state index in [1.807, 2.05) is 26.0 Å². The third-order valence-corrected chi connectivity index (χ3v) is 3.88. The van der Waals surface area contributed by atoms with Crippen molar-refractivity contribution in [3.05, 3.63) is 40.7 Å². The van der Waals surface area contributed by atoms with Crippen LogP contribution in [0.1, 0.15) is 40.2 Å². The largest absolute Gasteiger partial charge is 0.323 e. The summed E-state index contributed by atoms with van der Waals surface area (Å²) in [5, 5.41) is 12.4. The third kappa shape index (κ3) is 2.72. The fourth-order valence-electron chi connectivity index (χ4n) is 2.72. The highest BCUT2D eigenvalue weighted by atomic mass is 16.2. The predicted molar refractivity (Wildman–Crippen MR) is 84.4 cm³/mol. The van der Waals surface area contributed by atoms with Crippen LogP contribution in [0.5, 0.6) is 0 Å². The third-order valence-electron chi connectivity index (χ3n) is 3.88. The molecule has 22 heavy (non-hydrogen) atoms. The summed E-state index contributed by atoms with van der Waals surface area (Å²) in [6.45, 7) is 3.66. The maximum absolute atomic E-state index is 12.1. The number of hydrogen-bond acceptors (Lipinski definition) is 3. The van der Waals surface area contributed by atoms with Crippen molar-refractivity contribution in [1.29, 1.82) is 0 Å². The highest BCUT2D eigenvalue weighted by molar-refractivity contribution is 6.03. The molecule has 6 nitrogen and oxygen atoms in total. The first-order chi connectivity index (χ1) is 10.5. The summed E-state index contributed by atoms with van der Waals surface area (Å²) in [5.41, 5.74) is 4.60. The molecule has 0 fully saturated rings. The number of aromatic amines is 1. The minimum Gasteiger partial charge on any atom is -0.308 e. The van der Waals surface area contributed by atoms with Gasteiger partial charge in [0.2, 0.25) is 0 Å². The molecule has 1 aliphatic carbocycles. The van der Waals surface area contributed by atoms with E-state index in [4.69, 9.17) is 0 Å². The summed E-state index contributed by atoms with van der Waals surface area (Å²) in [5.74, 6) is 0.145. The Kier molecular flexibility index (Phi) is 3.66. The van der Waals surface area contributed by atoms with Gasteiger partial charge in [-0.1, -0.05) is 6.07 Å². The number of rotatable bonds is 2. The number of carbonyl (C=O) groups is 2. The lowest BCUT2D eigenvalue weighted by atomic mass is 9.90. The minimum atomic E-state index is -0.351. The normalized spacial score (nSPS) is 13.6. The lowest BCUT2D eigenvalue weighted by molar-refractivity contribution is 0.0972. The smallest absolute Gasteiger partial charge is 0.308 e. The van der Waals surface area contributed by atoms with Gasteiger partial charge < -0.3 is 10.6 Å². The molecule has 0 bridgehead atoms. The van der Waals surface area contributed by atoms with Gasteiger partial charge in [-0.2, -0.15) is 5.10 Å². The second-order valence-electron chi connectivity index (χ2n) is 5.54. The van der Waals surface area contributed by atoms with Crippen LogP contribution in [-0.4, -0.2) is 22.0 Å². The van der Waals surface area contributed by atoms with Gasteiger partial charge in [-0.25, -0.2) is 4.79 Å². The molecule has 0 aliphatic heterocycles. The Morgan fingerprint density at radius 1 is 1.23 bits per heavy atom. The van der Waals surface area contributed by atoms with E-state index in [1.165, 1.54) is 0 Å². The Bertz CT molecular complexity index is 729.